The molecule has 0 spiro atoms. The van der Waals surface area contributed by atoms with Crippen molar-refractivity contribution >= 4 is 17.4 Å². The number of hydrogen-bond donors (Lipinski definition) is 1. The quantitative estimate of drug-likeness (QED) is 0.294. The summed E-state index contributed by atoms with van der Waals surface area (Å²) in [4.78, 5) is 32.2. The highest BCUT2D eigenvalue weighted by Gasteiger charge is 2.45. The molecule has 2 atom stereocenters. The van der Waals surface area contributed by atoms with Crippen LogP contribution in [0.15, 0.2) is 66.8 Å². The smallest absolute Gasteiger partial charge is 0.295 e. The number of fused-ring (bicyclic) bond motifs is 1. The summed E-state index contributed by atoms with van der Waals surface area (Å²) in [5.41, 5.74) is 3.61. The lowest BCUT2D eigenvalue weighted by atomic mass is 9.92. The minimum atomic E-state index is -0.655. The van der Waals surface area contributed by atoms with Crippen LogP contribution in [-0.4, -0.2) is 43.9 Å². The van der Waals surface area contributed by atoms with E-state index < -0.39 is 17.7 Å². The second-order valence-corrected chi connectivity index (χ2v) is 9.92. The average Bonchev–Trinajstić information content (AvgIpc) is 3.57. The number of carbonyl (C=O) groups excluding carboxylic acids is 2. The number of imidazole rings is 1. The number of carbonyl (C=O) groups is 2. The number of Topliss-reactive ketones (excluding diaryl/α,β-unsaturated/α-hetero) is 1. The van der Waals surface area contributed by atoms with Gasteiger partial charge in [-0.2, -0.15) is 0 Å². The van der Waals surface area contributed by atoms with Gasteiger partial charge in [0.05, 0.1) is 17.9 Å². The SMILES string of the molecule is CC(C)c1ccc([C@H]2C(=C(O)c3ccc4c(c3)C[C@@H](C)O4)C(=O)C(=O)N2CCCn2ccnc2)cc1. The summed E-state index contributed by atoms with van der Waals surface area (Å²) in [7, 11) is 0. The van der Waals surface area contributed by atoms with Crippen molar-refractivity contribution < 1.29 is 19.4 Å². The van der Waals surface area contributed by atoms with Crippen LogP contribution >= 0.6 is 0 Å². The van der Waals surface area contributed by atoms with Crippen molar-refractivity contribution in [1.82, 2.24) is 14.5 Å². The van der Waals surface area contributed by atoms with Crippen LogP contribution in [0.5, 0.6) is 5.75 Å². The summed E-state index contributed by atoms with van der Waals surface area (Å²) in [6.45, 7) is 7.29. The van der Waals surface area contributed by atoms with Crippen LogP contribution in [0.25, 0.3) is 5.76 Å². The van der Waals surface area contributed by atoms with Gasteiger partial charge in [0.1, 0.15) is 17.6 Å². The second kappa shape index (κ2) is 9.64. The molecule has 5 rings (SSSR count). The van der Waals surface area contributed by atoms with Crippen LogP contribution in [0.2, 0.25) is 0 Å². The van der Waals surface area contributed by atoms with E-state index in [2.05, 4.69) is 18.8 Å². The van der Waals surface area contributed by atoms with Crippen LogP contribution in [0, 0.1) is 0 Å². The number of ketones is 1. The van der Waals surface area contributed by atoms with E-state index in [9.17, 15) is 14.7 Å². The van der Waals surface area contributed by atoms with E-state index in [1.807, 2.05) is 54.1 Å². The predicted molar refractivity (Wildman–Crippen MR) is 137 cm³/mol. The van der Waals surface area contributed by atoms with Crippen molar-refractivity contribution in [1.29, 1.82) is 0 Å². The third kappa shape index (κ3) is 4.41. The summed E-state index contributed by atoms with van der Waals surface area (Å²) in [6, 6.07) is 12.7. The maximum atomic E-state index is 13.3. The summed E-state index contributed by atoms with van der Waals surface area (Å²) in [5.74, 6) is -0.237. The third-order valence-electron chi connectivity index (χ3n) is 7.00. The topological polar surface area (TPSA) is 84.7 Å². The lowest BCUT2D eigenvalue weighted by Crippen LogP contribution is -2.31. The van der Waals surface area contributed by atoms with Crippen molar-refractivity contribution in [3.8, 4) is 5.75 Å². The Morgan fingerprint density at radius 2 is 1.92 bits per heavy atom. The van der Waals surface area contributed by atoms with E-state index in [0.29, 0.717) is 31.0 Å². The molecule has 2 aliphatic heterocycles. The lowest BCUT2D eigenvalue weighted by molar-refractivity contribution is -0.139. The molecule has 1 amide bonds. The molecule has 3 aromatic rings. The van der Waals surface area contributed by atoms with Gasteiger partial charge in [-0.05, 0) is 54.2 Å². The third-order valence-corrected chi connectivity index (χ3v) is 7.00. The number of benzene rings is 2. The van der Waals surface area contributed by atoms with Gasteiger partial charge in [0.15, 0.2) is 0 Å². The molecule has 0 saturated carbocycles. The monoisotopic (exact) mass is 485 g/mol. The van der Waals surface area contributed by atoms with Gasteiger partial charge < -0.3 is 19.3 Å². The van der Waals surface area contributed by atoms with E-state index in [-0.39, 0.29) is 17.4 Å². The predicted octanol–water partition coefficient (Wildman–Crippen LogP) is 4.84. The molecule has 186 valence electrons. The number of ether oxygens (including phenoxy) is 1. The normalized spacial score (nSPS) is 20.7. The van der Waals surface area contributed by atoms with E-state index in [1.165, 1.54) is 5.56 Å². The molecule has 1 fully saturated rings. The average molecular weight is 486 g/mol. The van der Waals surface area contributed by atoms with Crippen LogP contribution in [-0.2, 0) is 22.6 Å². The number of aromatic nitrogens is 2. The molecule has 7 nitrogen and oxygen atoms in total. The van der Waals surface area contributed by atoms with Crippen molar-refractivity contribution in [2.45, 2.75) is 58.2 Å². The number of hydrogen-bond acceptors (Lipinski definition) is 5. The lowest BCUT2D eigenvalue weighted by Gasteiger charge is -2.26. The minimum Gasteiger partial charge on any atom is -0.507 e. The Balaban J connectivity index is 1.53. The highest BCUT2D eigenvalue weighted by Crippen LogP contribution is 2.41. The first-order chi connectivity index (χ1) is 17.3. The Bertz CT molecular complexity index is 1310. The number of nitrogens with zero attached hydrogens (tertiary/aromatic N) is 3. The molecule has 2 aromatic carbocycles. The van der Waals surface area contributed by atoms with Crippen molar-refractivity contribution in [3.63, 3.8) is 0 Å². The van der Waals surface area contributed by atoms with Gasteiger partial charge in [-0.3, -0.25) is 9.59 Å². The van der Waals surface area contributed by atoms with Crippen LogP contribution in [0.3, 0.4) is 0 Å². The summed E-state index contributed by atoms with van der Waals surface area (Å²) in [6.07, 6.45) is 6.77. The maximum Gasteiger partial charge on any atom is 0.295 e. The van der Waals surface area contributed by atoms with E-state index in [4.69, 9.17) is 4.74 Å². The number of aliphatic hydroxyl groups excluding tert-OH is 1. The number of amides is 1. The van der Waals surface area contributed by atoms with Crippen LogP contribution in [0.1, 0.15) is 61.4 Å². The first kappa shape index (κ1) is 23.9. The molecule has 7 heteroatoms. The fraction of sp³-hybridized carbons (Fsp3) is 0.345. The molecule has 3 heterocycles. The Kier molecular flexibility index (Phi) is 6.39. The first-order valence-electron chi connectivity index (χ1n) is 12.5. The van der Waals surface area contributed by atoms with Gasteiger partial charge in [-0.25, -0.2) is 4.98 Å². The van der Waals surface area contributed by atoms with Gasteiger partial charge in [0.2, 0.25) is 0 Å². The maximum absolute atomic E-state index is 13.3. The fourth-order valence-electron chi connectivity index (χ4n) is 5.09. The Morgan fingerprint density at radius 1 is 1.14 bits per heavy atom. The molecule has 0 radical (unpaired) electrons. The Labute approximate surface area is 211 Å². The van der Waals surface area contributed by atoms with E-state index in [1.54, 1.807) is 23.5 Å². The van der Waals surface area contributed by atoms with E-state index >= 15 is 0 Å². The van der Waals surface area contributed by atoms with Crippen LogP contribution in [0.4, 0.5) is 0 Å². The molecule has 2 aliphatic rings. The number of rotatable bonds is 7. The molecule has 1 N–H and O–H groups in total. The number of aryl methyl sites for hydroxylation is 1. The first-order valence-corrected chi connectivity index (χ1v) is 12.5. The fourth-order valence-corrected chi connectivity index (χ4v) is 5.09. The molecule has 1 saturated heterocycles. The molecule has 1 aromatic heterocycles. The largest absolute Gasteiger partial charge is 0.507 e. The van der Waals surface area contributed by atoms with E-state index in [0.717, 1.165) is 23.3 Å². The highest BCUT2D eigenvalue weighted by atomic mass is 16.5. The van der Waals surface area contributed by atoms with Gasteiger partial charge in [-0.1, -0.05) is 38.1 Å². The Hall–Kier alpha value is -3.87. The summed E-state index contributed by atoms with van der Waals surface area (Å²) < 4.78 is 7.73. The molecule has 0 unspecified atom stereocenters. The zero-order valence-corrected chi connectivity index (χ0v) is 20.8. The van der Waals surface area contributed by atoms with Gasteiger partial charge in [0, 0.05) is 37.5 Å². The zero-order chi connectivity index (χ0) is 25.4. The van der Waals surface area contributed by atoms with Crippen LogP contribution < -0.4 is 4.74 Å². The minimum absolute atomic E-state index is 0.0675. The van der Waals surface area contributed by atoms with Crippen molar-refractivity contribution in [3.05, 3.63) is 89.0 Å². The van der Waals surface area contributed by atoms with Gasteiger partial charge in [0.25, 0.3) is 11.7 Å². The van der Waals surface area contributed by atoms with Gasteiger partial charge in [-0.15, -0.1) is 0 Å². The van der Waals surface area contributed by atoms with Crippen molar-refractivity contribution in [2.24, 2.45) is 0 Å². The molecular weight excluding hydrogens is 454 g/mol. The molecule has 0 aliphatic carbocycles. The standard InChI is InChI=1S/C29H31N3O4/c1-18(2)20-5-7-21(8-6-20)26-25(27(33)22-9-10-24-23(16-22)15-19(3)36-24)28(34)29(35)32(26)13-4-12-31-14-11-30-17-31/h5-11,14,16-19,26,33H,4,12-13,15H2,1-3H3/t19-,26+/m1/s1. The van der Waals surface area contributed by atoms with Gasteiger partial charge >= 0.3 is 0 Å². The summed E-state index contributed by atoms with van der Waals surface area (Å²) >= 11 is 0. The highest BCUT2D eigenvalue weighted by molar-refractivity contribution is 6.46. The molecule has 0 bridgehead atoms. The molecule has 36 heavy (non-hydrogen) atoms. The second-order valence-electron chi connectivity index (χ2n) is 9.92. The van der Waals surface area contributed by atoms with Crippen molar-refractivity contribution in [2.75, 3.05) is 6.54 Å². The Morgan fingerprint density at radius 3 is 2.61 bits per heavy atom. The molecular formula is C29H31N3O4. The summed E-state index contributed by atoms with van der Waals surface area (Å²) in [5, 5.41) is 11.4. The number of aliphatic hydroxyl groups is 1. The zero-order valence-electron chi connectivity index (χ0n) is 20.8. The number of likely N-dealkylation sites (tertiary alicyclic amines) is 1.